The van der Waals surface area contributed by atoms with Crippen LogP contribution in [0.15, 0.2) is 38.9 Å². The van der Waals surface area contributed by atoms with E-state index in [0.717, 1.165) is 20.5 Å². The Bertz CT molecular complexity index is 516. The molecule has 0 aliphatic heterocycles. The molecule has 0 saturated heterocycles. The van der Waals surface area contributed by atoms with Crippen LogP contribution in [0.2, 0.25) is 0 Å². The Morgan fingerprint density at radius 1 is 1.35 bits per heavy atom. The first-order valence-corrected chi connectivity index (χ1v) is 7.12. The van der Waals surface area contributed by atoms with Crippen LogP contribution in [0.1, 0.15) is 29.4 Å². The number of Topliss-reactive ketones (excluding diaryl/α,β-unsaturated/α-hetero) is 1. The van der Waals surface area contributed by atoms with E-state index in [9.17, 15) is 4.79 Å². The summed E-state index contributed by atoms with van der Waals surface area (Å²) in [7, 11) is 0. The molecule has 17 heavy (non-hydrogen) atoms. The maximum Gasteiger partial charge on any atom is 0.162 e. The third-order valence-electron chi connectivity index (χ3n) is 2.30. The number of carbonyl (C=O) groups excluding carboxylic acids is 1. The normalized spacial score (nSPS) is 10.5. The highest BCUT2D eigenvalue weighted by molar-refractivity contribution is 8.01. The summed E-state index contributed by atoms with van der Waals surface area (Å²) in [5.41, 5.74) is 1.84. The molecule has 88 valence electrons. The number of carbonyl (C=O) groups is 1. The highest BCUT2D eigenvalue weighted by atomic mass is 32.2. The lowest BCUT2D eigenvalue weighted by Crippen LogP contribution is -1.95. The first-order chi connectivity index (χ1) is 8.19. The predicted molar refractivity (Wildman–Crippen MR) is 72.0 cm³/mol. The maximum atomic E-state index is 11.5. The molecule has 4 heteroatoms. The van der Waals surface area contributed by atoms with Crippen molar-refractivity contribution in [2.75, 3.05) is 0 Å². The minimum atomic E-state index is 0.187. The van der Waals surface area contributed by atoms with Crippen molar-refractivity contribution in [3.8, 4) is 0 Å². The van der Waals surface area contributed by atoms with Gasteiger partial charge in [-0.25, -0.2) is 4.98 Å². The second-order valence-electron chi connectivity index (χ2n) is 3.66. The molecule has 0 aliphatic carbocycles. The van der Waals surface area contributed by atoms with Gasteiger partial charge in [-0.2, -0.15) is 0 Å². The van der Waals surface area contributed by atoms with Gasteiger partial charge in [0.2, 0.25) is 0 Å². The quantitative estimate of drug-likeness (QED) is 0.774. The van der Waals surface area contributed by atoms with Crippen LogP contribution in [0.25, 0.3) is 0 Å². The van der Waals surface area contributed by atoms with Gasteiger partial charge < -0.3 is 0 Å². The van der Waals surface area contributed by atoms with Crippen molar-refractivity contribution in [1.29, 1.82) is 0 Å². The Balaban J connectivity index is 2.10. The van der Waals surface area contributed by atoms with Crippen molar-refractivity contribution < 1.29 is 4.79 Å². The van der Waals surface area contributed by atoms with Gasteiger partial charge in [0.1, 0.15) is 0 Å². The van der Waals surface area contributed by atoms with Crippen molar-refractivity contribution >= 4 is 28.9 Å². The number of thiazole rings is 1. The highest BCUT2D eigenvalue weighted by Crippen LogP contribution is 2.30. The molecule has 0 bridgehead atoms. The summed E-state index contributed by atoms with van der Waals surface area (Å²) < 4.78 is 1.04. The van der Waals surface area contributed by atoms with Gasteiger partial charge in [-0.15, -0.1) is 11.3 Å². The van der Waals surface area contributed by atoms with E-state index in [2.05, 4.69) is 4.98 Å². The number of hydrogen-bond acceptors (Lipinski definition) is 4. The minimum Gasteiger partial charge on any atom is -0.294 e. The van der Waals surface area contributed by atoms with Crippen molar-refractivity contribution in [3.05, 3.63) is 40.9 Å². The largest absolute Gasteiger partial charge is 0.294 e. The van der Waals surface area contributed by atoms with Crippen molar-refractivity contribution in [3.63, 3.8) is 0 Å². The molecule has 0 N–H and O–H groups in total. The number of aryl methyl sites for hydroxylation is 1. The molecule has 0 saturated carbocycles. The van der Waals surface area contributed by atoms with Crippen molar-refractivity contribution in [2.24, 2.45) is 0 Å². The van der Waals surface area contributed by atoms with Gasteiger partial charge in [0.05, 0.1) is 0 Å². The number of nitrogens with zero attached hydrogens (tertiary/aromatic N) is 1. The standard InChI is InChI=1S/C13H13NOS2/c1-3-12(15)10-4-6-11(7-5-10)17-13-14-9(2)8-16-13/h4-8H,3H2,1-2H3. The van der Waals surface area contributed by atoms with Crippen LogP contribution < -0.4 is 0 Å². The van der Waals surface area contributed by atoms with E-state index in [1.54, 1.807) is 23.1 Å². The topological polar surface area (TPSA) is 30.0 Å². The lowest BCUT2D eigenvalue weighted by Gasteiger charge is -2.00. The van der Waals surface area contributed by atoms with E-state index in [0.29, 0.717) is 6.42 Å². The van der Waals surface area contributed by atoms with E-state index in [-0.39, 0.29) is 5.78 Å². The number of hydrogen-bond donors (Lipinski definition) is 0. The molecular weight excluding hydrogens is 250 g/mol. The van der Waals surface area contributed by atoms with Crippen LogP contribution in [0, 0.1) is 6.92 Å². The van der Waals surface area contributed by atoms with Gasteiger partial charge in [0.25, 0.3) is 0 Å². The molecule has 1 aromatic carbocycles. The van der Waals surface area contributed by atoms with Crippen LogP contribution in [-0.4, -0.2) is 10.8 Å². The molecular formula is C13H13NOS2. The van der Waals surface area contributed by atoms with Crippen LogP contribution in [0.3, 0.4) is 0 Å². The van der Waals surface area contributed by atoms with Crippen LogP contribution in [0.4, 0.5) is 0 Å². The van der Waals surface area contributed by atoms with Crippen molar-refractivity contribution in [1.82, 2.24) is 4.98 Å². The van der Waals surface area contributed by atoms with E-state index in [4.69, 9.17) is 0 Å². The first kappa shape index (κ1) is 12.3. The summed E-state index contributed by atoms with van der Waals surface area (Å²) in [6, 6.07) is 7.72. The first-order valence-electron chi connectivity index (χ1n) is 5.42. The van der Waals surface area contributed by atoms with Crippen LogP contribution in [0.5, 0.6) is 0 Å². The van der Waals surface area contributed by atoms with Gasteiger partial charge in [-0.3, -0.25) is 4.79 Å². The SMILES string of the molecule is CCC(=O)c1ccc(Sc2nc(C)cs2)cc1. The van der Waals surface area contributed by atoms with E-state index in [1.165, 1.54) is 0 Å². The Labute approximate surface area is 109 Å². The summed E-state index contributed by atoms with van der Waals surface area (Å²) in [5, 5.41) is 2.04. The van der Waals surface area contributed by atoms with E-state index >= 15 is 0 Å². The Morgan fingerprint density at radius 3 is 2.59 bits per heavy atom. The molecule has 1 aromatic heterocycles. The molecule has 0 unspecified atom stereocenters. The molecule has 0 fully saturated rings. The van der Waals surface area contributed by atoms with Gasteiger partial charge >= 0.3 is 0 Å². The van der Waals surface area contributed by atoms with Gasteiger partial charge in [-0.05, 0) is 19.1 Å². The minimum absolute atomic E-state index is 0.187. The maximum absolute atomic E-state index is 11.5. The number of aromatic nitrogens is 1. The zero-order valence-electron chi connectivity index (χ0n) is 9.77. The summed E-state index contributed by atoms with van der Waals surface area (Å²) in [6.07, 6.45) is 0.554. The van der Waals surface area contributed by atoms with Crippen LogP contribution in [-0.2, 0) is 0 Å². The molecule has 0 spiro atoms. The average Bonchev–Trinajstić information content (AvgIpc) is 2.75. The molecule has 2 nitrogen and oxygen atoms in total. The molecule has 0 aliphatic rings. The molecule has 2 rings (SSSR count). The Morgan fingerprint density at radius 2 is 2.06 bits per heavy atom. The van der Waals surface area contributed by atoms with Gasteiger partial charge in [0.15, 0.2) is 10.1 Å². The molecule has 0 atom stereocenters. The molecule has 2 aromatic rings. The van der Waals surface area contributed by atoms with Gasteiger partial charge in [0, 0.05) is 28.0 Å². The summed E-state index contributed by atoms with van der Waals surface area (Å²) in [4.78, 5) is 17.0. The smallest absolute Gasteiger partial charge is 0.162 e. The Hall–Kier alpha value is -1.13. The van der Waals surface area contributed by atoms with E-state index < -0.39 is 0 Å². The monoisotopic (exact) mass is 263 g/mol. The third kappa shape index (κ3) is 3.17. The van der Waals surface area contributed by atoms with Crippen LogP contribution >= 0.6 is 23.1 Å². The number of ketones is 1. The lowest BCUT2D eigenvalue weighted by molar-refractivity contribution is 0.0988. The zero-order valence-corrected chi connectivity index (χ0v) is 11.4. The summed E-state index contributed by atoms with van der Waals surface area (Å²) in [6.45, 7) is 3.87. The van der Waals surface area contributed by atoms with E-state index in [1.807, 2.05) is 43.5 Å². The van der Waals surface area contributed by atoms with Crippen molar-refractivity contribution in [2.45, 2.75) is 29.5 Å². The number of benzene rings is 1. The lowest BCUT2D eigenvalue weighted by atomic mass is 10.1. The Kier molecular flexibility index (Phi) is 3.97. The fraction of sp³-hybridized carbons (Fsp3) is 0.231. The molecule has 1 heterocycles. The predicted octanol–water partition coefficient (Wildman–Crippen LogP) is 4.20. The third-order valence-corrected chi connectivity index (χ3v) is 4.36. The fourth-order valence-electron chi connectivity index (χ4n) is 1.39. The summed E-state index contributed by atoms with van der Waals surface area (Å²) >= 11 is 3.28. The second kappa shape index (κ2) is 5.47. The second-order valence-corrected chi connectivity index (χ2v) is 5.84. The number of rotatable bonds is 4. The summed E-state index contributed by atoms with van der Waals surface area (Å²) in [5.74, 6) is 0.187. The highest BCUT2D eigenvalue weighted by Gasteiger charge is 2.04. The van der Waals surface area contributed by atoms with Gasteiger partial charge in [-0.1, -0.05) is 30.8 Å². The molecule has 0 amide bonds. The average molecular weight is 263 g/mol. The zero-order chi connectivity index (χ0) is 12.3. The fourth-order valence-corrected chi connectivity index (χ4v) is 3.20. The molecule has 0 radical (unpaired) electrons.